The molecule has 194 valence electrons. The molecule has 35 heavy (non-hydrogen) atoms. The van der Waals surface area contributed by atoms with Crippen molar-refractivity contribution in [3.05, 3.63) is 40.2 Å². The SMILES string of the molecule is Cc1cc(=O)oc2cc(O[C@@H]3OC(CO)[C@@H](O[C@@H]4OC(CO)C(O)C(O)[C@@H]4O)C(O)[C@@H]3O)ccc12. The molecule has 1 aromatic carbocycles. The second-order valence-corrected chi connectivity index (χ2v) is 8.53. The second kappa shape index (κ2) is 10.4. The van der Waals surface area contributed by atoms with E-state index in [0.29, 0.717) is 10.9 Å². The van der Waals surface area contributed by atoms with E-state index in [1.165, 1.54) is 12.1 Å². The van der Waals surface area contributed by atoms with Gasteiger partial charge in [0.15, 0.2) is 6.29 Å². The van der Waals surface area contributed by atoms with Gasteiger partial charge < -0.3 is 59.1 Å². The molecule has 13 heteroatoms. The number of aryl methyl sites for hydroxylation is 1. The summed E-state index contributed by atoms with van der Waals surface area (Å²) >= 11 is 0. The lowest BCUT2D eigenvalue weighted by atomic mass is 9.97. The average Bonchev–Trinajstić information content (AvgIpc) is 2.83. The van der Waals surface area contributed by atoms with E-state index in [9.17, 15) is 40.5 Å². The highest BCUT2D eigenvalue weighted by Gasteiger charge is 2.51. The highest BCUT2D eigenvalue weighted by Crippen LogP contribution is 2.31. The fraction of sp³-hybridized carbons (Fsp3) is 0.591. The summed E-state index contributed by atoms with van der Waals surface area (Å²) < 4.78 is 27.1. The first kappa shape index (κ1) is 25.9. The molecule has 0 saturated carbocycles. The van der Waals surface area contributed by atoms with Gasteiger partial charge in [0.05, 0.1) is 13.2 Å². The first-order valence-corrected chi connectivity index (χ1v) is 10.9. The zero-order chi connectivity index (χ0) is 25.4. The van der Waals surface area contributed by atoms with E-state index in [1.807, 2.05) is 0 Å². The third kappa shape index (κ3) is 5.06. The number of ether oxygens (including phenoxy) is 4. The third-order valence-electron chi connectivity index (χ3n) is 6.14. The molecular weight excluding hydrogens is 472 g/mol. The molecule has 3 heterocycles. The Kier molecular flexibility index (Phi) is 7.73. The molecule has 0 spiro atoms. The summed E-state index contributed by atoms with van der Waals surface area (Å²) in [7, 11) is 0. The predicted molar refractivity (Wildman–Crippen MR) is 114 cm³/mol. The van der Waals surface area contributed by atoms with Crippen LogP contribution in [0.1, 0.15) is 5.56 Å². The van der Waals surface area contributed by atoms with Gasteiger partial charge in [0, 0.05) is 17.5 Å². The fourth-order valence-electron chi connectivity index (χ4n) is 4.17. The average molecular weight is 500 g/mol. The second-order valence-electron chi connectivity index (χ2n) is 8.53. The topological polar surface area (TPSA) is 209 Å². The molecule has 0 bridgehead atoms. The van der Waals surface area contributed by atoms with Crippen LogP contribution >= 0.6 is 0 Å². The standard InChI is InChI=1S/C22H28O13/c1-8-4-14(25)32-11-5-9(2-3-10(8)11)31-21-19(30)17(28)20(13(7-24)34-21)35-22-18(29)16(27)15(26)12(6-23)33-22/h2-5,12-13,15-24,26-30H,6-7H2,1H3/t12?,13?,15?,16?,17?,18-,19-,20+,21+,22-/m0/s1. The number of fused-ring (bicyclic) bond motifs is 1. The van der Waals surface area contributed by atoms with E-state index < -0.39 is 80.3 Å². The van der Waals surface area contributed by atoms with Crippen molar-refractivity contribution in [2.24, 2.45) is 0 Å². The van der Waals surface area contributed by atoms with E-state index in [-0.39, 0.29) is 11.3 Å². The van der Waals surface area contributed by atoms with Crippen LogP contribution in [-0.4, -0.2) is 110 Å². The molecule has 5 unspecified atom stereocenters. The maximum absolute atomic E-state index is 11.7. The van der Waals surface area contributed by atoms with Gasteiger partial charge in [-0.15, -0.1) is 0 Å². The summed E-state index contributed by atoms with van der Waals surface area (Å²) in [5.74, 6) is 0.146. The Morgan fingerprint density at radius 1 is 0.829 bits per heavy atom. The molecule has 4 rings (SSSR count). The molecule has 0 aliphatic carbocycles. The Balaban J connectivity index is 1.50. The van der Waals surface area contributed by atoms with Crippen LogP contribution in [0.25, 0.3) is 11.0 Å². The minimum atomic E-state index is -1.76. The monoisotopic (exact) mass is 500 g/mol. The Morgan fingerprint density at radius 3 is 2.17 bits per heavy atom. The number of rotatable bonds is 6. The summed E-state index contributed by atoms with van der Waals surface area (Å²) in [4.78, 5) is 11.7. The van der Waals surface area contributed by atoms with Gasteiger partial charge in [-0.05, 0) is 24.6 Å². The first-order chi connectivity index (χ1) is 16.6. The molecule has 2 aromatic rings. The molecule has 2 aliphatic rings. The van der Waals surface area contributed by atoms with Gasteiger partial charge in [-0.25, -0.2) is 4.79 Å². The zero-order valence-corrected chi connectivity index (χ0v) is 18.6. The van der Waals surface area contributed by atoms with Crippen LogP contribution in [0.3, 0.4) is 0 Å². The Bertz CT molecular complexity index is 1070. The Hall–Kier alpha value is -2.17. The minimum absolute atomic E-state index is 0.146. The number of aliphatic hydroxyl groups is 7. The van der Waals surface area contributed by atoms with Crippen LogP contribution in [-0.2, 0) is 14.2 Å². The quantitative estimate of drug-likeness (QED) is 0.199. The molecule has 10 atom stereocenters. The van der Waals surface area contributed by atoms with E-state index in [1.54, 1.807) is 19.1 Å². The number of benzene rings is 1. The van der Waals surface area contributed by atoms with Gasteiger partial charge in [-0.3, -0.25) is 0 Å². The molecule has 0 radical (unpaired) electrons. The van der Waals surface area contributed by atoms with Gasteiger partial charge in [0.2, 0.25) is 6.29 Å². The maximum atomic E-state index is 11.7. The highest BCUT2D eigenvalue weighted by molar-refractivity contribution is 5.81. The van der Waals surface area contributed by atoms with Gasteiger partial charge in [-0.1, -0.05) is 0 Å². The molecule has 2 aliphatic heterocycles. The predicted octanol–water partition coefficient (Wildman–Crippen LogP) is -2.90. The Morgan fingerprint density at radius 2 is 1.49 bits per heavy atom. The smallest absolute Gasteiger partial charge is 0.336 e. The summed E-state index contributed by atoms with van der Waals surface area (Å²) in [6.07, 6.45) is -15.6. The molecule has 0 amide bonds. The normalized spacial score (nSPS) is 37.9. The van der Waals surface area contributed by atoms with E-state index >= 15 is 0 Å². The van der Waals surface area contributed by atoms with E-state index in [0.717, 1.165) is 0 Å². The van der Waals surface area contributed by atoms with Crippen molar-refractivity contribution in [3.63, 3.8) is 0 Å². The zero-order valence-electron chi connectivity index (χ0n) is 18.6. The molecule has 1 aromatic heterocycles. The number of aliphatic hydroxyl groups excluding tert-OH is 7. The van der Waals surface area contributed by atoms with Crippen LogP contribution in [0.2, 0.25) is 0 Å². The number of hydrogen-bond donors (Lipinski definition) is 7. The lowest BCUT2D eigenvalue weighted by molar-refractivity contribution is -0.352. The van der Waals surface area contributed by atoms with Crippen LogP contribution in [0.5, 0.6) is 5.75 Å². The van der Waals surface area contributed by atoms with Crippen molar-refractivity contribution in [2.75, 3.05) is 13.2 Å². The third-order valence-corrected chi connectivity index (χ3v) is 6.14. The lowest BCUT2D eigenvalue weighted by Gasteiger charge is -2.45. The first-order valence-electron chi connectivity index (χ1n) is 10.9. The Labute approximate surface area is 198 Å². The summed E-state index contributed by atoms with van der Waals surface area (Å²) in [5, 5.41) is 71.1. The van der Waals surface area contributed by atoms with Gasteiger partial charge >= 0.3 is 5.63 Å². The van der Waals surface area contributed by atoms with E-state index in [2.05, 4.69) is 0 Å². The maximum Gasteiger partial charge on any atom is 0.336 e. The summed E-state index contributed by atoms with van der Waals surface area (Å²) in [6.45, 7) is 0.352. The summed E-state index contributed by atoms with van der Waals surface area (Å²) in [6, 6.07) is 5.94. The largest absolute Gasteiger partial charge is 0.462 e. The molecule has 2 fully saturated rings. The van der Waals surface area contributed by atoms with Crippen molar-refractivity contribution in [1.82, 2.24) is 0 Å². The van der Waals surface area contributed by atoms with Crippen molar-refractivity contribution in [3.8, 4) is 5.75 Å². The highest BCUT2D eigenvalue weighted by atomic mass is 16.7. The van der Waals surface area contributed by atoms with E-state index in [4.69, 9.17) is 23.4 Å². The van der Waals surface area contributed by atoms with Gasteiger partial charge in [0.25, 0.3) is 0 Å². The van der Waals surface area contributed by atoms with Crippen LogP contribution in [0.4, 0.5) is 0 Å². The van der Waals surface area contributed by atoms with Crippen LogP contribution < -0.4 is 10.4 Å². The van der Waals surface area contributed by atoms with Gasteiger partial charge in [0.1, 0.15) is 60.2 Å². The number of hydrogen-bond acceptors (Lipinski definition) is 13. The molecule has 13 nitrogen and oxygen atoms in total. The summed E-state index contributed by atoms with van der Waals surface area (Å²) in [5.41, 5.74) is 0.381. The molecule has 2 saturated heterocycles. The van der Waals surface area contributed by atoms with Crippen LogP contribution in [0.15, 0.2) is 33.5 Å². The lowest BCUT2D eigenvalue weighted by Crippen LogP contribution is -2.65. The minimum Gasteiger partial charge on any atom is -0.462 e. The molecule has 7 N–H and O–H groups in total. The van der Waals surface area contributed by atoms with Crippen molar-refractivity contribution in [2.45, 2.75) is 68.3 Å². The van der Waals surface area contributed by atoms with Crippen molar-refractivity contribution < 1.29 is 59.1 Å². The van der Waals surface area contributed by atoms with Crippen LogP contribution in [0, 0.1) is 6.92 Å². The van der Waals surface area contributed by atoms with Crippen molar-refractivity contribution >= 4 is 11.0 Å². The fourth-order valence-corrected chi connectivity index (χ4v) is 4.17. The van der Waals surface area contributed by atoms with Gasteiger partial charge in [-0.2, -0.15) is 0 Å². The van der Waals surface area contributed by atoms with Crippen molar-refractivity contribution in [1.29, 1.82) is 0 Å². The molecular formula is C22H28O13.